The Balaban J connectivity index is 1.70. The van der Waals surface area contributed by atoms with E-state index in [4.69, 9.17) is 0 Å². The molecule has 0 aliphatic heterocycles. The van der Waals surface area contributed by atoms with Crippen LogP contribution in [0.2, 0.25) is 0 Å². The zero-order valence-electron chi connectivity index (χ0n) is 16.7. The molecule has 4 saturated carbocycles. The van der Waals surface area contributed by atoms with E-state index in [1.807, 2.05) is 0 Å². The van der Waals surface area contributed by atoms with Gasteiger partial charge >= 0.3 is 0 Å². The van der Waals surface area contributed by atoms with Gasteiger partial charge < -0.3 is 0 Å². The minimum absolute atomic E-state index is 0.0572. The van der Waals surface area contributed by atoms with E-state index in [1.165, 1.54) is 25.7 Å². The van der Waals surface area contributed by atoms with Gasteiger partial charge in [-0.2, -0.15) is 0 Å². The van der Waals surface area contributed by atoms with Gasteiger partial charge in [-0.05, 0) is 79.4 Å². The molecule has 0 aromatic carbocycles. The minimum Gasteiger partial charge on any atom is -0.300 e. The SMILES string of the molecule is C[C@@H]1CC(=O)[C@@]2(C)CCC3[C@@H](CC[C@]4(C)CCC(=O)CC[C@]34C)C2C1. The summed E-state index contributed by atoms with van der Waals surface area (Å²) in [5.74, 6) is 3.59. The van der Waals surface area contributed by atoms with Gasteiger partial charge in [-0.15, -0.1) is 0 Å². The fourth-order valence-electron chi connectivity index (χ4n) is 7.70. The third kappa shape index (κ3) is 2.42. The lowest BCUT2D eigenvalue weighted by molar-refractivity contribution is -0.166. The molecular weight excluding hydrogens is 308 g/mol. The highest BCUT2D eigenvalue weighted by atomic mass is 16.1. The second-order valence-electron chi connectivity index (χ2n) is 10.9. The first-order valence-electron chi connectivity index (χ1n) is 10.7. The summed E-state index contributed by atoms with van der Waals surface area (Å²) in [6, 6.07) is 0. The molecule has 4 aliphatic carbocycles. The molecule has 0 amide bonds. The van der Waals surface area contributed by atoms with Gasteiger partial charge in [0.2, 0.25) is 0 Å². The van der Waals surface area contributed by atoms with Gasteiger partial charge in [0, 0.05) is 24.7 Å². The number of hydrogen-bond acceptors (Lipinski definition) is 2. The molecule has 0 N–H and O–H groups in total. The summed E-state index contributed by atoms with van der Waals surface area (Å²) in [6.45, 7) is 9.55. The average molecular weight is 345 g/mol. The van der Waals surface area contributed by atoms with Crippen LogP contribution in [0.1, 0.15) is 91.9 Å². The maximum atomic E-state index is 12.9. The summed E-state index contributed by atoms with van der Waals surface area (Å²) in [4.78, 5) is 25.1. The summed E-state index contributed by atoms with van der Waals surface area (Å²) in [5, 5.41) is 0. The molecular formula is C23H36O2. The van der Waals surface area contributed by atoms with Gasteiger partial charge in [0.1, 0.15) is 11.6 Å². The van der Waals surface area contributed by atoms with Crippen molar-refractivity contribution in [2.75, 3.05) is 0 Å². The Morgan fingerprint density at radius 1 is 0.880 bits per heavy atom. The van der Waals surface area contributed by atoms with Crippen LogP contribution in [0.5, 0.6) is 0 Å². The largest absolute Gasteiger partial charge is 0.300 e. The highest BCUT2D eigenvalue weighted by molar-refractivity contribution is 5.86. The van der Waals surface area contributed by atoms with Crippen molar-refractivity contribution in [1.82, 2.24) is 0 Å². The maximum absolute atomic E-state index is 12.9. The van der Waals surface area contributed by atoms with E-state index in [1.54, 1.807) is 0 Å². The smallest absolute Gasteiger partial charge is 0.139 e. The molecule has 2 nitrogen and oxygen atoms in total. The predicted octanol–water partition coefficient (Wildman–Crippen LogP) is 5.58. The normalized spacial score (nSPS) is 53.4. The van der Waals surface area contributed by atoms with Crippen LogP contribution in [0, 0.1) is 39.9 Å². The Morgan fingerprint density at radius 2 is 1.60 bits per heavy atom. The first kappa shape index (κ1) is 17.7. The first-order valence-corrected chi connectivity index (χ1v) is 10.7. The van der Waals surface area contributed by atoms with E-state index >= 15 is 0 Å². The van der Waals surface area contributed by atoms with Crippen molar-refractivity contribution < 1.29 is 9.59 Å². The molecule has 0 aromatic rings. The van der Waals surface area contributed by atoms with E-state index in [2.05, 4.69) is 27.7 Å². The molecule has 0 heterocycles. The van der Waals surface area contributed by atoms with Crippen molar-refractivity contribution in [1.29, 1.82) is 0 Å². The lowest BCUT2D eigenvalue weighted by Gasteiger charge is -2.64. The Labute approximate surface area is 153 Å². The van der Waals surface area contributed by atoms with Crippen molar-refractivity contribution in [2.24, 2.45) is 39.9 Å². The molecule has 0 bridgehead atoms. The Morgan fingerprint density at radius 3 is 2.36 bits per heavy atom. The Kier molecular flexibility index (Phi) is 4.02. The summed E-state index contributed by atoms with van der Waals surface area (Å²) in [7, 11) is 0. The molecule has 0 saturated heterocycles. The fourth-order valence-corrected chi connectivity index (χ4v) is 7.70. The fraction of sp³-hybridized carbons (Fsp3) is 0.913. The highest BCUT2D eigenvalue weighted by Crippen LogP contribution is 2.68. The molecule has 4 fully saturated rings. The van der Waals surface area contributed by atoms with Crippen molar-refractivity contribution in [2.45, 2.75) is 91.9 Å². The summed E-state index contributed by atoms with van der Waals surface area (Å²) < 4.78 is 0. The van der Waals surface area contributed by atoms with E-state index < -0.39 is 0 Å². The van der Waals surface area contributed by atoms with Gasteiger partial charge in [0.25, 0.3) is 0 Å². The summed E-state index contributed by atoms with van der Waals surface area (Å²) in [5.41, 5.74) is 0.545. The van der Waals surface area contributed by atoms with Crippen molar-refractivity contribution in [3.05, 3.63) is 0 Å². The molecule has 140 valence electrons. The van der Waals surface area contributed by atoms with E-state index in [9.17, 15) is 9.59 Å². The number of Topliss-reactive ketones (excluding diaryl/α,β-unsaturated/α-hetero) is 2. The number of rotatable bonds is 0. The standard InChI is InChI=1S/C23H36O2/c1-15-13-19-17-7-10-21(2)9-5-16(24)6-12-23(21,4)18(17)8-11-22(19,3)20(25)14-15/h15,17-19H,5-14H2,1-4H3/t15-,17+,18?,19?,21-,22-,23+/m0/s1. The van der Waals surface area contributed by atoms with Gasteiger partial charge in [-0.1, -0.05) is 27.7 Å². The Hall–Kier alpha value is -0.660. The van der Waals surface area contributed by atoms with Crippen LogP contribution < -0.4 is 0 Å². The average Bonchev–Trinajstić information content (AvgIpc) is 2.67. The predicted molar refractivity (Wildman–Crippen MR) is 100 cm³/mol. The van der Waals surface area contributed by atoms with Crippen LogP contribution >= 0.6 is 0 Å². The first-order chi connectivity index (χ1) is 11.7. The topological polar surface area (TPSA) is 34.1 Å². The molecule has 2 unspecified atom stereocenters. The lowest BCUT2D eigenvalue weighted by atomic mass is 9.40. The number of carbonyl (C=O) groups is 2. The number of hydrogen-bond donors (Lipinski definition) is 0. The molecule has 2 heteroatoms. The van der Waals surface area contributed by atoms with Crippen LogP contribution in [0.15, 0.2) is 0 Å². The van der Waals surface area contributed by atoms with Crippen LogP contribution in [-0.2, 0) is 9.59 Å². The molecule has 0 aromatic heterocycles. The van der Waals surface area contributed by atoms with E-state index in [0.717, 1.165) is 38.5 Å². The highest BCUT2D eigenvalue weighted by Gasteiger charge is 2.62. The summed E-state index contributed by atoms with van der Waals surface area (Å²) in [6.07, 6.45) is 10.6. The van der Waals surface area contributed by atoms with Gasteiger partial charge in [0.05, 0.1) is 0 Å². The number of fused-ring (bicyclic) bond motifs is 5. The molecule has 4 aliphatic rings. The van der Waals surface area contributed by atoms with Crippen molar-refractivity contribution in [3.63, 3.8) is 0 Å². The monoisotopic (exact) mass is 344 g/mol. The maximum Gasteiger partial charge on any atom is 0.139 e. The zero-order chi connectivity index (χ0) is 18.0. The third-order valence-electron chi connectivity index (χ3n) is 9.76. The van der Waals surface area contributed by atoms with Gasteiger partial charge in [-0.3, -0.25) is 9.59 Å². The number of carbonyl (C=O) groups excluding carboxylic acids is 2. The van der Waals surface area contributed by atoms with Crippen LogP contribution in [0.25, 0.3) is 0 Å². The molecule has 0 spiro atoms. The number of ketones is 2. The van der Waals surface area contributed by atoms with E-state index in [0.29, 0.717) is 40.7 Å². The lowest BCUT2D eigenvalue weighted by Crippen LogP contribution is -2.58. The third-order valence-corrected chi connectivity index (χ3v) is 9.76. The Bertz CT molecular complexity index is 595. The van der Waals surface area contributed by atoms with Gasteiger partial charge in [0.15, 0.2) is 0 Å². The second-order valence-corrected chi connectivity index (χ2v) is 10.9. The van der Waals surface area contributed by atoms with Crippen molar-refractivity contribution >= 4 is 11.6 Å². The van der Waals surface area contributed by atoms with Crippen LogP contribution in [-0.4, -0.2) is 11.6 Å². The summed E-state index contributed by atoms with van der Waals surface area (Å²) >= 11 is 0. The van der Waals surface area contributed by atoms with Crippen LogP contribution in [0.4, 0.5) is 0 Å². The van der Waals surface area contributed by atoms with Crippen molar-refractivity contribution in [3.8, 4) is 0 Å². The minimum atomic E-state index is -0.0572. The second kappa shape index (κ2) is 5.67. The quantitative estimate of drug-likeness (QED) is 0.574. The zero-order valence-corrected chi connectivity index (χ0v) is 16.7. The van der Waals surface area contributed by atoms with Gasteiger partial charge in [-0.25, -0.2) is 0 Å². The molecule has 0 radical (unpaired) electrons. The van der Waals surface area contributed by atoms with Crippen LogP contribution in [0.3, 0.4) is 0 Å². The van der Waals surface area contributed by atoms with E-state index in [-0.39, 0.29) is 10.8 Å². The molecule has 7 atom stereocenters. The molecule has 4 rings (SSSR count). The molecule has 25 heavy (non-hydrogen) atoms.